The van der Waals surface area contributed by atoms with Crippen LogP contribution in [0.15, 0.2) is 63.6 Å². The molecule has 140 valence electrons. The number of hydrogen-bond acceptors (Lipinski definition) is 5. The molecule has 1 saturated heterocycles. The van der Waals surface area contributed by atoms with Gasteiger partial charge in [-0.05, 0) is 41.8 Å². The van der Waals surface area contributed by atoms with E-state index in [2.05, 4.69) is 15.5 Å². The summed E-state index contributed by atoms with van der Waals surface area (Å²) in [5, 5.41) is 11.4. The fourth-order valence-corrected chi connectivity index (χ4v) is 3.89. The zero-order chi connectivity index (χ0) is 19.2. The average molecular weight is 426 g/mol. The zero-order valence-electron chi connectivity index (χ0n) is 13.8. The van der Waals surface area contributed by atoms with Crippen molar-refractivity contribution in [3.05, 3.63) is 64.7 Å². The van der Waals surface area contributed by atoms with Crippen molar-refractivity contribution in [3.63, 3.8) is 0 Å². The third kappa shape index (κ3) is 6.05. The van der Waals surface area contributed by atoms with Crippen LogP contribution in [0.3, 0.4) is 0 Å². The predicted molar refractivity (Wildman–Crippen MR) is 108 cm³/mol. The van der Waals surface area contributed by atoms with E-state index >= 15 is 0 Å². The number of amidine groups is 1. The van der Waals surface area contributed by atoms with Crippen LogP contribution in [0.2, 0.25) is 5.02 Å². The molecule has 1 heterocycles. The molecule has 4 nitrogen and oxygen atoms in total. The van der Waals surface area contributed by atoms with Gasteiger partial charge in [-0.15, -0.1) is 5.10 Å². The van der Waals surface area contributed by atoms with Crippen LogP contribution in [-0.4, -0.2) is 28.3 Å². The SMILES string of the molecule is O=C1N/C(=N/N=C/c2ccc(Cl)cc2)SC1Cc1ccc(SC(F)F)cc1. The quantitative estimate of drug-likeness (QED) is 0.410. The van der Waals surface area contributed by atoms with Gasteiger partial charge in [0.25, 0.3) is 5.76 Å². The highest BCUT2D eigenvalue weighted by molar-refractivity contribution is 8.15. The zero-order valence-corrected chi connectivity index (χ0v) is 16.2. The molecule has 1 aliphatic rings. The summed E-state index contributed by atoms with van der Waals surface area (Å²) in [6.07, 6.45) is 2.05. The summed E-state index contributed by atoms with van der Waals surface area (Å²) >= 11 is 7.62. The second-order valence-corrected chi connectivity index (χ2v) is 8.21. The number of amides is 1. The number of hydrogen-bond donors (Lipinski definition) is 1. The lowest BCUT2D eigenvalue weighted by Crippen LogP contribution is -2.25. The van der Waals surface area contributed by atoms with E-state index in [4.69, 9.17) is 11.6 Å². The molecule has 0 aliphatic carbocycles. The molecular formula is C18H14ClF2N3OS2. The molecule has 9 heteroatoms. The van der Waals surface area contributed by atoms with Gasteiger partial charge in [-0.25, -0.2) is 0 Å². The number of nitrogens with one attached hydrogen (secondary N) is 1. The van der Waals surface area contributed by atoms with Crippen LogP contribution < -0.4 is 5.32 Å². The minimum Gasteiger partial charge on any atom is -0.303 e. The third-order valence-corrected chi connectivity index (χ3v) is 5.62. The smallest absolute Gasteiger partial charge is 0.288 e. The van der Waals surface area contributed by atoms with Crippen LogP contribution >= 0.6 is 35.1 Å². The molecule has 1 aliphatic heterocycles. The Morgan fingerprint density at radius 3 is 2.56 bits per heavy atom. The summed E-state index contributed by atoms with van der Waals surface area (Å²) in [7, 11) is 0. The number of nitrogens with zero attached hydrogens (tertiary/aromatic N) is 2. The molecule has 1 N–H and O–H groups in total. The first kappa shape index (κ1) is 19.9. The van der Waals surface area contributed by atoms with E-state index in [0.29, 0.717) is 33.3 Å². The van der Waals surface area contributed by atoms with Crippen molar-refractivity contribution in [2.45, 2.75) is 22.3 Å². The molecular weight excluding hydrogens is 412 g/mol. The van der Waals surface area contributed by atoms with Crippen molar-refractivity contribution < 1.29 is 13.6 Å². The second-order valence-electron chi connectivity index (χ2n) is 5.52. The van der Waals surface area contributed by atoms with Crippen molar-refractivity contribution in [2.75, 3.05) is 0 Å². The Morgan fingerprint density at radius 2 is 1.89 bits per heavy atom. The molecule has 0 bridgehead atoms. The van der Waals surface area contributed by atoms with E-state index in [1.54, 1.807) is 42.6 Å². The van der Waals surface area contributed by atoms with Crippen LogP contribution in [0.1, 0.15) is 11.1 Å². The molecule has 0 aromatic heterocycles. The van der Waals surface area contributed by atoms with Crippen molar-refractivity contribution >= 4 is 52.4 Å². The maximum absolute atomic E-state index is 12.3. The molecule has 0 radical (unpaired) electrons. The van der Waals surface area contributed by atoms with E-state index in [9.17, 15) is 13.6 Å². The number of rotatable bonds is 6. The molecule has 2 aromatic carbocycles. The van der Waals surface area contributed by atoms with Gasteiger partial charge in [0.2, 0.25) is 5.91 Å². The maximum Gasteiger partial charge on any atom is 0.288 e. The van der Waals surface area contributed by atoms with Crippen LogP contribution in [-0.2, 0) is 11.2 Å². The van der Waals surface area contributed by atoms with Gasteiger partial charge < -0.3 is 5.32 Å². The Morgan fingerprint density at radius 1 is 1.19 bits per heavy atom. The summed E-state index contributed by atoms with van der Waals surface area (Å²) in [5.74, 6) is -2.59. The number of thioether (sulfide) groups is 2. The lowest BCUT2D eigenvalue weighted by molar-refractivity contribution is -0.118. The normalized spacial score (nSPS) is 18.6. The highest BCUT2D eigenvalue weighted by Crippen LogP contribution is 2.27. The van der Waals surface area contributed by atoms with Gasteiger partial charge in [-0.1, -0.05) is 59.4 Å². The minimum absolute atomic E-state index is 0.147. The molecule has 27 heavy (non-hydrogen) atoms. The van der Waals surface area contributed by atoms with E-state index in [-0.39, 0.29) is 11.2 Å². The van der Waals surface area contributed by atoms with Crippen LogP contribution in [0.4, 0.5) is 8.78 Å². The number of alkyl halides is 2. The van der Waals surface area contributed by atoms with Gasteiger partial charge >= 0.3 is 0 Å². The maximum atomic E-state index is 12.3. The Kier molecular flexibility index (Phi) is 6.87. The molecule has 1 amide bonds. The van der Waals surface area contributed by atoms with Gasteiger partial charge in [-0.2, -0.15) is 13.9 Å². The Labute approximate surface area is 168 Å². The van der Waals surface area contributed by atoms with E-state index in [1.807, 2.05) is 12.1 Å². The fraction of sp³-hybridized carbons (Fsp3) is 0.167. The summed E-state index contributed by atoms with van der Waals surface area (Å²) < 4.78 is 24.7. The highest BCUT2D eigenvalue weighted by atomic mass is 35.5. The summed E-state index contributed by atoms with van der Waals surface area (Å²) in [6, 6.07) is 13.9. The lowest BCUT2D eigenvalue weighted by atomic mass is 10.1. The van der Waals surface area contributed by atoms with Crippen molar-refractivity contribution in [2.24, 2.45) is 10.2 Å². The molecule has 2 aromatic rings. The van der Waals surface area contributed by atoms with Crippen LogP contribution in [0.5, 0.6) is 0 Å². The standard InChI is InChI=1S/C18H14ClF2N3OS2/c19-13-5-1-12(2-6-13)10-22-24-18-23-16(25)15(27-18)9-11-3-7-14(8-4-11)26-17(20)21/h1-8,10,15,17H,9H2,(H,23,24,25)/b22-10+. The Bertz CT molecular complexity index is 858. The Balaban J connectivity index is 1.57. The minimum atomic E-state index is -2.45. The highest BCUT2D eigenvalue weighted by Gasteiger charge is 2.30. The van der Waals surface area contributed by atoms with Crippen molar-refractivity contribution in [3.8, 4) is 0 Å². The largest absolute Gasteiger partial charge is 0.303 e. The molecule has 1 atom stereocenters. The first-order valence-electron chi connectivity index (χ1n) is 7.87. The molecule has 1 unspecified atom stereocenters. The number of carbonyl (C=O) groups excluding carboxylic acids is 1. The molecule has 0 saturated carbocycles. The predicted octanol–water partition coefficient (Wildman–Crippen LogP) is 4.82. The van der Waals surface area contributed by atoms with Gasteiger partial charge in [0.1, 0.15) is 0 Å². The van der Waals surface area contributed by atoms with Gasteiger partial charge in [-0.3, -0.25) is 4.79 Å². The molecule has 1 fully saturated rings. The van der Waals surface area contributed by atoms with Gasteiger partial charge in [0.05, 0.1) is 11.5 Å². The summed E-state index contributed by atoms with van der Waals surface area (Å²) in [4.78, 5) is 12.6. The van der Waals surface area contributed by atoms with Gasteiger partial charge in [0, 0.05) is 9.92 Å². The lowest BCUT2D eigenvalue weighted by Gasteiger charge is -2.06. The number of benzene rings is 2. The first-order chi connectivity index (χ1) is 13.0. The van der Waals surface area contributed by atoms with E-state index in [1.165, 1.54) is 11.8 Å². The van der Waals surface area contributed by atoms with E-state index < -0.39 is 5.76 Å². The molecule has 0 spiro atoms. The van der Waals surface area contributed by atoms with Crippen LogP contribution in [0, 0.1) is 0 Å². The number of carbonyl (C=O) groups is 1. The Hall–Kier alpha value is -1.90. The van der Waals surface area contributed by atoms with Crippen molar-refractivity contribution in [1.82, 2.24) is 5.32 Å². The fourth-order valence-electron chi connectivity index (χ4n) is 2.30. The second kappa shape index (κ2) is 9.34. The molecule has 3 rings (SSSR count). The number of halogens is 3. The van der Waals surface area contributed by atoms with Crippen molar-refractivity contribution in [1.29, 1.82) is 0 Å². The summed E-state index contributed by atoms with van der Waals surface area (Å²) in [5.41, 5.74) is 1.74. The van der Waals surface area contributed by atoms with Crippen LogP contribution in [0.25, 0.3) is 0 Å². The summed E-state index contributed by atoms with van der Waals surface area (Å²) in [6.45, 7) is 0. The first-order valence-corrected chi connectivity index (χ1v) is 10.0. The average Bonchev–Trinajstić information content (AvgIpc) is 2.97. The third-order valence-electron chi connectivity index (χ3n) is 3.57. The van der Waals surface area contributed by atoms with E-state index in [0.717, 1.165) is 11.1 Å². The topological polar surface area (TPSA) is 53.8 Å². The monoisotopic (exact) mass is 425 g/mol. The van der Waals surface area contributed by atoms with Gasteiger partial charge in [0.15, 0.2) is 5.17 Å².